The standard InChI is InChI=1S/C10H8F3O/c11-10(12,13)9-5-1-3-8(7-9)4-2-6-14/h1,3,5,7H,2,4H2. The van der Waals surface area contributed by atoms with Crippen molar-refractivity contribution in [3.05, 3.63) is 35.4 Å². The summed E-state index contributed by atoms with van der Waals surface area (Å²) < 4.78 is 36.6. The fourth-order valence-electron chi connectivity index (χ4n) is 1.10. The van der Waals surface area contributed by atoms with Gasteiger partial charge in [-0.1, -0.05) is 18.2 Å². The minimum absolute atomic E-state index is 0.126. The van der Waals surface area contributed by atoms with Crippen LogP contribution < -0.4 is 0 Å². The van der Waals surface area contributed by atoms with Gasteiger partial charge in [0.25, 0.3) is 0 Å². The molecular formula is C10H8F3O. The second kappa shape index (κ2) is 4.26. The summed E-state index contributed by atoms with van der Waals surface area (Å²) in [6.45, 7) is 0. The summed E-state index contributed by atoms with van der Waals surface area (Å²) in [5, 5.41) is 0. The van der Waals surface area contributed by atoms with Crippen LogP contribution in [0.1, 0.15) is 17.5 Å². The van der Waals surface area contributed by atoms with Gasteiger partial charge in [0.15, 0.2) is 6.29 Å². The highest BCUT2D eigenvalue weighted by molar-refractivity contribution is 5.51. The summed E-state index contributed by atoms with van der Waals surface area (Å²) in [7, 11) is 0. The molecule has 0 aliphatic rings. The van der Waals surface area contributed by atoms with Crippen molar-refractivity contribution in [2.24, 2.45) is 0 Å². The zero-order valence-corrected chi connectivity index (χ0v) is 7.27. The first-order valence-electron chi connectivity index (χ1n) is 4.05. The second-order valence-electron chi connectivity index (χ2n) is 2.84. The Morgan fingerprint density at radius 2 is 2.00 bits per heavy atom. The lowest BCUT2D eigenvalue weighted by Crippen LogP contribution is -2.05. The predicted octanol–water partition coefficient (Wildman–Crippen LogP) is 2.75. The van der Waals surface area contributed by atoms with Crippen LogP contribution in [0.5, 0.6) is 0 Å². The Labute approximate surface area is 79.5 Å². The third-order valence-corrected chi connectivity index (χ3v) is 1.77. The van der Waals surface area contributed by atoms with Crippen LogP contribution in [0.3, 0.4) is 0 Å². The zero-order valence-electron chi connectivity index (χ0n) is 7.27. The molecule has 0 amide bonds. The summed E-state index contributed by atoms with van der Waals surface area (Å²) in [5.74, 6) is 0. The largest absolute Gasteiger partial charge is 0.416 e. The molecule has 1 aromatic rings. The van der Waals surface area contributed by atoms with E-state index in [1.54, 1.807) is 12.4 Å². The maximum atomic E-state index is 12.2. The molecule has 0 bridgehead atoms. The average molecular weight is 201 g/mol. The summed E-state index contributed by atoms with van der Waals surface area (Å²) in [6, 6.07) is 4.96. The topological polar surface area (TPSA) is 17.1 Å². The van der Waals surface area contributed by atoms with Gasteiger partial charge in [0, 0.05) is 6.42 Å². The molecule has 14 heavy (non-hydrogen) atoms. The number of hydrogen-bond acceptors (Lipinski definition) is 1. The molecule has 0 heterocycles. The van der Waals surface area contributed by atoms with E-state index in [0.717, 1.165) is 12.1 Å². The maximum absolute atomic E-state index is 12.2. The number of aryl methyl sites for hydroxylation is 1. The van der Waals surface area contributed by atoms with E-state index in [1.165, 1.54) is 6.07 Å². The molecule has 0 fully saturated rings. The summed E-state index contributed by atoms with van der Waals surface area (Å²) in [5.41, 5.74) is -0.177. The van der Waals surface area contributed by atoms with Crippen molar-refractivity contribution in [2.75, 3.05) is 0 Å². The van der Waals surface area contributed by atoms with E-state index in [1.807, 2.05) is 0 Å². The van der Waals surface area contributed by atoms with Gasteiger partial charge in [-0.2, -0.15) is 13.2 Å². The molecule has 0 aliphatic carbocycles. The number of alkyl halides is 3. The molecule has 4 heteroatoms. The number of carbonyl (C=O) groups excluding carboxylic acids is 1. The van der Waals surface area contributed by atoms with Crippen LogP contribution in [0, 0.1) is 0 Å². The van der Waals surface area contributed by atoms with Gasteiger partial charge in [0.2, 0.25) is 0 Å². The van der Waals surface area contributed by atoms with Crippen molar-refractivity contribution < 1.29 is 18.0 Å². The Balaban J connectivity index is 2.84. The first kappa shape index (κ1) is 10.8. The minimum Gasteiger partial charge on any atom is -0.291 e. The van der Waals surface area contributed by atoms with Crippen LogP contribution in [0.15, 0.2) is 24.3 Å². The van der Waals surface area contributed by atoms with Gasteiger partial charge in [-0.25, -0.2) is 0 Å². The first-order chi connectivity index (χ1) is 6.54. The molecule has 0 aliphatic heterocycles. The Bertz CT molecular complexity index is 317. The first-order valence-corrected chi connectivity index (χ1v) is 4.05. The quantitative estimate of drug-likeness (QED) is 0.734. The Kier molecular flexibility index (Phi) is 3.28. The monoisotopic (exact) mass is 201 g/mol. The molecule has 0 saturated carbocycles. The van der Waals surface area contributed by atoms with E-state index >= 15 is 0 Å². The lowest BCUT2D eigenvalue weighted by molar-refractivity contribution is -0.137. The number of halogens is 3. The van der Waals surface area contributed by atoms with E-state index in [2.05, 4.69) is 0 Å². The van der Waals surface area contributed by atoms with Gasteiger partial charge < -0.3 is 0 Å². The van der Waals surface area contributed by atoms with Crippen LogP contribution >= 0.6 is 0 Å². The predicted molar refractivity (Wildman–Crippen MR) is 45.5 cm³/mol. The Morgan fingerprint density at radius 1 is 1.29 bits per heavy atom. The lowest BCUT2D eigenvalue weighted by atomic mass is 10.1. The van der Waals surface area contributed by atoms with Crippen molar-refractivity contribution in [1.82, 2.24) is 0 Å². The van der Waals surface area contributed by atoms with Gasteiger partial charge in [-0.15, -0.1) is 0 Å². The van der Waals surface area contributed by atoms with Gasteiger partial charge in [-0.05, 0) is 18.1 Å². The Morgan fingerprint density at radius 3 is 2.57 bits per heavy atom. The van der Waals surface area contributed by atoms with Gasteiger partial charge >= 0.3 is 6.18 Å². The molecule has 1 nitrogen and oxygen atoms in total. The van der Waals surface area contributed by atoms with Gasteiger partial charge in [-0.3, -0.25) is 4.79 Å². The highest BCUT2D eigenvalue weighted by Crippen LogP contribution is 2.29. The molecule has 0 aromatic heterocycles. The van der Waals surface area contributed by atoms with Crippen molar-refractivity contribution in [2.45, 2.75) is 19.0 Å². The van der Waals surface area contributed by atoms with Crippen LogP contribution in [0.4, 0.5) is 13.2 Å². The third kappa shape index (κ3) is 2.87. The SMILES string of the molecule is O=[C]CCc1cccc(C(F)(F)F)c1. The lowest BCUT2D eigenvalue weighted by Gasteiger charge is -2.07. The molecule has 0 saturated heterocycles. The van der Waals surface area contributed by atoms with E-state index in [0.29, 0.717) is 12.0 Å². The molecule has 0 N–H and O–H groups in total. The molecule has 0 spiro atoms. The normalized spacial score (nSPS) is 11.4. The van der Waals surface area contributed by atoms with E-state index in [4.69, 9.17) is 0 Å². The van der Waals surface area contributed by atoms with Crippen molar-refractivity contribution in [3.8, 4) is 0 Å². The molecular weight excluding hydrogens is 193 g/mol. The maximum Gasteiger partial charge on any atom is 0.416 e. The third-order valence-electron chi connectivity index (χ3n) is 1.77. The van der Waals surface area contributed by atoms with Crippen molar-refractivity contribution >= 4 is 6.29 Å². The van der Waals surface area contributed by atoms with Gasteiger partial charge in [0.05, 0.1) is 5.56 Å². The number of benzene rings is 1. The summed E-state index contributed by atoms with van der Waals surface area (Å²) in [6.07, 6.45) is -2.25. The molecule has 0 atom stereocenters. The summed E-state index contributed by atoms with van der Waals surface area (Å²) >= 11 is 0. The van der Waals surface area contributed by atoms with Crippen molar-refractivity contribution in [1.29, 1.82) is 0 Å². The fourth-order valence-corrected chi connectivity index (χ4v) is 1.10. The molecule has 1 aromatic carbocycles. The summed E-state index contributed by atoms with van der Waals surface area (Å²) in [4.78, 5) is 9.91. The van der Waals surface area contributed by atoms with Crippen molar-refractivity contribution in [3.63, 3.8) is 0 Å². The smallest absolute Gasteiger partial charge is 0.291 e. The van der Waals surface area contributed by atoms with Crippen LogP contribution in [0.25, 0.3) is 0 Å². The average Bonchev–Trinajstić information content (AvgIpc) is 2.14. The van der Waals surface area contributed by atoms with Crippen LogP contribution in [0.2, 0.25) is 0 Å². The number of rotatable bonds is 3. The number of hydrogen-bond donors (Lipinski definition) is 0. The van der Waals surface area contributed by atoms with Crippen LogP contribution in [-0.2, 0) is 17.4 Å². The molecule has 0 unspecified atom stereocenters. The molecule has 75 valence electrons. The Hall–Kier alpha value is -1.32. The van der Waals surface area contributed by atoms with Crippen LogP contribution in [-0.4, -0.2) is 6.29 Å². The molecule has 1 radical (unpaired) electrons. The minimum atomic E-state index is -4.32. The van der Waals surface area contributed by atoms with E-state index < -0.39 is 11.7 Å². The highest BCUT2D eigenvalue weighted by atomic mass is 19.4. The van der Waals surface area contributed by atoms with E-state index in [-0.39, 0.29) is 6.42 Å². The highest BCUT2D eigenvalue weighted by Gasteiger charge is 2.30. The van der Waals surface area contributed by atoms with E-state index in [9.17, 15) is 18.0 Å². The molecule has 1 rings (SSSR count). The fraction of sp³-hybridized carbons (Fsp3) is 0.300. The van der Waals surface area contributed by atoms with Gasteiger partial charge in [0.1, 0.15) is 0 Å². The second-order valence-corrected chi connectivity index (χ2v) is 2.84. The zero-order chi connectivity index (χ0) is 10.6.